The van der Waals surface area contributed by atoms with Crippen molar-refractivity contribution in [3.63, 3.8) is 0 Å². The Labute approximate surface area is 115 Å². The molecule has 0 bridgehead atoms. The maximum Gasteiger partial charge on any atom is 0.320 e. The molecule has 1 fully saturated rings. The summed E-state index contributed by atoms with van der Waals surface area (Å²) in [5.74, 6) is -0.735. The van der Waals surface area contributed by atoms with Crippen LogP contribution in [0.4, 0.5) is 0 Å². The molecule has 0 aromatic carbocycles. The van der Waals surface area contributed by atoms with E-state index < -0.39 is 17.9 Å². The van der Waals surface area contributed by atoms with E-state index in [1.807, 2.05) is 0 Å². The monoisotopic (exact) mass is 270 g/mol. The quantitative estimate of drug-likeness (QED) is 0.550. The van der Waals surface area contributed by atoms with Gasteiger partial charge < -0.3 is 9.47 Å². The molecule has 1 aliphatic carbocycles. The van der Waals surface area contributed by atoms with Gasteiger partial charge in [-0.25, -0.2) is 0 Å². The zero-order chi connectivity index (χ0) is 14.3. The van der Waals surface area contributed by atoms with Gasteiger partial charge in [0.2, 0.25) is 0 Å². The summed E-state index contributed by atoms with van der Waals surface area (Å²) in [4.78, 5) is 24.0. The van der Waals surface area contributed by atoms with Crippen molar-refractivity contribution in [2.75, 3.05) is 13.2 Å². The fourth-order valence-corrected chi connectivity index (χ4v) is 2.88. The lowest BCUT2D eigenvalue weighted by atomic mass is 9.75. The maximum absolute atomic E-state index is 12.0. The fraction of sp³-hybridized carbons (Fsp3) is 0.867. The Balaban J connectivity index is 2.68. The second-order valence-electron chi connectivity index (χ2n) is 5.17. The van der Waals surface area contributed by atoms with E-state index in [1.54, 1.807) is 13.8 Å². The molecule has 4 nitrogen and oxygen atoms in total. The SMILES string of the molecule is CCOC(=O)C(C(=O)OCC)C1CCC(CC)CC1. The van der Waals surface area contributed by atoms with Crippen LogP contribution in [-0.4, -0.2) is 25.2 Å². The van der Waals surface area contributed by atoms with Crippen LogP contribution >= 0.6 is 0 Å². The highest BCUT2D eigenvalue weighted by Crippen LogP contribution is 2.35. The molecule has 4 heteroatoms. The molecular formula is C15H26O4. The largest absolute Gasteiger partial charge is 0.465 e. The smallest absolute Gasteiger partial charge is 0.320 e. The summed E-state index contributed by atoms with van der Waals surface area (Å²) in [5.41, 5.74) is 0. The summed E-state index contributed by atoms with van der Waals surface area (Å²) in [5, 5.41) is 0. The lowest BCUT2D eigenvalue weighted by Gasteiger charge is -2.31. The first kappa shape index (κ1) is 16.0. The molecule has 110 valence electrons. The zero-order valence-corrected chi connectivity index (χ0v) is 12.3. The summed E-state index contributed by atoms with van der Waals surface area (Å²) in [6, 6.07) is 0. The van der Waals surface area contributed by atoms with E-state index in [0.29, 0.717) is 13.2 Å². The Kier molecular flexibility index (Phi) is 6.89. The van der Waals surface area contributed by atoms with Gasteiger partial charge in [0.05, 0.1) is 13.2 Å². The van der Waals surface area contributed by atoms with Gasteiger partial charge in [-0.3, -0.25) is 9.59 Å². The number of rotatable bonds is 6. The second-order valence-corrected chi connectivity index (χ2v) is 5.17. The Hall–Kier alpha value is -1.06. The predicted octanol–water partition coefficient (Wildman–Crippen LogP) is 2.95. The normalized spacial score (nSPS) is 23.2. The van der Waals surface area contributed by atoms with Crippen molar-refractivity contribution in [2.45, 2.75) is 52.9 Å². The van der Waals surface area contributed by atoms with Crippen molar-refractivity contribution >= 4 is 11.9 Å². The topological polar surface area (TPSA) is 52.6 Å². The van der Waals surface area contributed by atoms with Gasteiger partial charge in [-0.05, 0) is 38.5 Å². The van der Waals surface area contributed by atoms with Gasteiger partial charge in [0.15, 0.2) is 5.92 Å². The molecule has 0 aromatic heterocycles. The van der Waals surface area contributed by atoms with Gasteiger partial charge in [0.25, 0.3) is 0 Å². The van der Waals surface area contributed by atoms with Crippen LogP contribution in [0, 0.1) is 17.8 Å². The third-order valence-corrected chi connectivity index (χ3v) is 4.02. The van der Waals surface area contributed by atoms with Crippen LogP contribution in [0.15, 0.2) is 0 Å². The maximum atomic E-state index is 12.0. The van der Waals surface area contributed by atoms with Gasteiger partial charge in [-0.15, -0.1) is 0 Å². The molecular weight excluding hydrogens is 244 g/mol. The highest BCUT2D eigenvalue weighted by molar-refractivity contribution is 5.95. The number of carbonyl (C=O) groups is 2. The number of hydrogen-bond acceptors (Lipinski definition) is 4. The van der Waals surface area contributed by atoms with Crippen LogP contribution in [0.5, 0.6) is 0 Å². The Morgan fingerprint density at radius 2 is 1.42 bits per heavy atom. The molecule has 0 spiro atoms. The molecule has 0 aromatic rings. The van der Waals surface area contributed by atoms with E-state index in [0.717, 1.165) is 31.6 Å². The average molecular weight is 270 g/mol. The number of hydrogen-bond donors (Lipinski definition) is 0. The van der Waals surface area contributed by atoms with Gasteiger partial charge in [0, 0.05) is 0 Å². The Morgan fingerprint density at radius 1 is 0.947 bits per heavy atom. The van der Waals surface area contributed by atoms with E-state index in [2.05, 4.69) is 6.92 Å². The molecule has 0 aliphatic heterocycles. The number of carbonyl (C=O) groups excluding carboxylic acids is 2. The molecule has 0 radical (unpaired) electrons. The molecule has 0 atom stereocenters. The third-order valence-electron chi connectivity index (χ3n) is 4.02. The van der Waals surface area contributed by atoms with Gasteiger partial charge in [-0.1, -0.05) is 26.2 Å². The summed E-state index contributed by atoms with van der Waals surface area (Å²) in [6.45, 7) is 6.32. The van der Waals surface area contributed by atoms with Crippen LogP contribution in [0.3, 0.4) is 0 Å². The minimum absolute atomic E-state index is 0.0842. The highest BCUT2D eigenvalue weighted by atomic mass is 16.6. The van der Waals surface area contributed by atoms with E-state index in [9.17, 15) is 9.59 Å². The van der Waals surface area contributed by atoms with E-state index in [1.165, 1.54) is 6.42 Å². The van der Waals surface area contributed by atoms with Crippen molar-refractivity contribution in [3.8, 4) is 0 Å². The Bertz CT molecular complexity index is 275. The standard InChI is InChI=1S/C15H26O4/c1-4-11-7-9-12(10-8-11)13(14(16)18-5-2)15(17)19-6-3/h11-13H,4-10H2,1-3H3. The zero-order valence-electron chi connectivity index (χ0n) is 12.3. The molecule has 1 rings (SSSR count). The number of ether oxygens (including phenoxy) is 2. The molecule has 0 heterocycles. The molecule has 0 saturated heterocycles. The Morgan fingerprint density at radius 3 is 1.79 bits per heavy atom. The first-order valence-electron chi connectivity index (χ1n) is 7.47. The highest BCUT2D eigenvalue weighted by Gasteiger charge is 2.38. The van der Waals surface area contributed by atoms with Gasteiger partial charge >= 0.3 is 11.9 Å². The minimum atomic E-state index is -0.724. The molecule has 0 amide bonds. The van der Waals surface area contributed by atoms with Gasteiger partial charge in [-0.2, -0.15) is 0 Å². The first-order valence-corrected chi connectivity index (χ1v) is 7.47. The number of esters is 2. The molecule has 1 saturated carbocycles. The van der Waals surface area contributed by atoms with E-state index in [-0.39, 0.29) is 5.92 Å². The third kappa shape index (κ3) is 4.51. The summed E-state index contributed by atoms with van der Waals surface area (Å²) < 4.78 is 10.1. The average Bonchev–Trinajstić information content (AvgIpc) is 2.40. The lowest BCUT2D eigenvalue weighted by molar-refractivity contribution is -0.165. The van der Waals surface area contributed by atoms with Crippen molar-refractivity contribution in [2.24, 2.45) is 17.8 Å². The predicted molar refractivity (Wildman–Crippen MR) is 72.5 cm³/mol. The van der Waals surface area contributed by atoms with Crippen molar-refractivity contribution in [1.82, 2.24) is 0 Å². The van der Waals surface area contributed by atoms with Crippen LogP contribution in [0.1, 0.15) is 52.9 Å². The van der Waals surface area contributed by atoms with Crippen molar-refractivity contribution in [1.29, 1.82) is 0 Å². The molecule has 1 aliphatic rings. The fourth-order valence-electron chi connectivity index (χ4n) is 2.88. The molecule has 0 N–H and O–H groups in total. The van der Waals surface area contributed by atoms with Crippen LogP contribution in [0.25, 0.3) is 0 Å². The summed E-state index contributed by atoms with van der Waals surface area (Å²) in [6.07, 6.45) is 5.20. The second kappa shape index (κ2) is 8.18. The van der Waals surface area contributed by atoms with Crippen LogP contribution in [0.2, 0.25) is 0 Å². The lowest BCUT2D eigenvalue weighted by Crippen LogP contribution is -2.36. The summed E-state index contributed by atoms with van der Waals surface area (Å²) in [7, 11) is 0. The summed E-state index contributed by atoms with van der Waals surface area (Å²) >= 11 is 0. The molecule has 0 unspecified atom stereocenters. The van der Waals surface area contributed by atoms with Crippen molar-refractivity contribution in [3.05, 3.63) is 0 Å². The molecule has 19 heavy (non-hydrogen) atoms. The minimum Gasteiger partial charge on any atom is -0.465 e. The van der Waals surface area contributed by atoms with Crippen LogP contribution in [-0.2, 0) is 19.1 Å². The van der Waals surface area contributed by atoms with E-state index >= 15 is 0 Å². The van der Waals surface area contributed by atoms with Gasteiger partial charge in [0.1, 0.15) is 0 Å². The van der Waals surface area contributed by atoms with Crippen molar-refractivity contribution < 1.29 is 19.1 Å². The van der Waals surface area contributed by atoms with Crippen LogP contribution < -0.4 is 0 Å². The van der Waals surface area contributed by atoms with E-state index in [4.69, 9.17) is 9.47 Å². The first-order chi connectivity index (χ1) is 9.13.